The molecular formula is C18H34N2O4. The van der Waals surface area contributed by atoms with Crippen molar-refractivity contribution in [3.8, 4) is 0 Å². The highest BCUT2D eigenvalue weighted by Gasteiger charge is 2.46. The molecule has 0 saturated carbocycles. The third-order valence-electron chi connectivity index (χ3n) is 4.42. The first-order valence-corrected chi connectivity index (χ1v) is 8.49. The van der Waals surface area contributed by atoms with Crippen LogP contribution in [0.4, 0.5) is 0 Å². The Bertz CT molecular complexity index is 444. The van der Waals surface area contributed by atoms with E-state index < -0.39 is 22.3 Å². The smallest absolute Gasteiger partial charge is 0.307 e. The number of azo groups is 1. The standard InChI is InChI=1S/C18H34N2O4/c1-11-13(21)23-17(9,15(3,4)5)19-20-18(10,16(6,7)8)24-14(22)12-2/h11-12H2,1-10H3. The van der Waals surface area contributed by atoms with Crippen molar-refractivity contribution >= 4 is 11.9 Å². The van der Waals surface area contributed by atoms with Gasteiger partial charge in [-0.3, -0.25) is 9.59 Å². The summed E-state index contributed by atoms with van der Waals surface area (Å²) in [5, 5.41) is 8.69. The first-order valence-electron chi connectivity index (χ1n) is 8.49. The van der Waals surface area contributed by atoms with E-state index in [0.29, 0.717) is 0 Å². The van der Waals surface area contributed by atoms with Gasteiger partial charge in [-0.25, -0.2) is 0 Å². The van der Waals surface area contributed by atoms with Crippen molar-refractivity contribution in [2.45, 2.75) is 93.5 Å². The topological polar surface area (TPSA) is 77.3 Å². The van der Waals surface area contributed by atoms with Gasteiger partial charge in [0, 0.05) is 23.7 Å². The van der Waals surface area contributed by atoms with Gasteiger partial charge in [0.1, 0.15) is 0 Å². The Hall–Kier alpha value is -1.46. The fourth-order valence-electron chi connectivity index (χ4n) is 1.43. The number of nitrogens with zero attached hydrogens (tertiary/aromatic N) is 2. The molecule has 0 aliphatic rings. The van der Waals surface area contributed by atoms with E-state index in [2.05, 4.69) is 10.2 Å². The van der Waals surface area contributed by atoms with Crippen LogP contribution in [0, 0.1) is 10.8 Å². The van der Waals surface area contributed by atoms with E-state index in [1.54, 1.807) is 27.7 Å². The Balaban J connectivity index is 5.85. The third-order valence-corrected chi connectivity index (χ3v) is 4.42. The van der Waals surface area contributed by atoms with Crippen LogP contribution in [0.1, 0.15) is 82.1 Å². The van der Waals surface area contributed by atoms with Gasteiger partial charge in [0.25, 0.3) is 0 Å². The molecule has 0 spiro atoms. The molecule has 2 atom stereocenters. The minimum atomic E-state index is -1.16. The molecule has 6 heteroatoms. The molecule has 0 N–H and O–H groups in total. The summed E-state index contributed by atoms with van der Waals surface area (Å²) < 4.78 is 11.1. The number of carbonyl (C=O) groups excluding carboxylic acids is 2. The maximum atomic E-state index is 11.8. The zero-order valence-electron chi connectivity index (χ0n) is 16.9. The van der Waals surface area contributed by atoms with Crippen LogP contribution in [0.5, 0.6) is 0 Å². The second-order valence-corrected chi connectivity index (χ2v) is 8.32. The van der Waals surface area contributed by atoms with Gasteiger partial charge in [-0.05, 0) is 13.8 Å². The largest absolute Gasteiger partial charge is 0.435 e. The molecule has 2 unspecified atom stereocenters. The molecular weight excluding hydrogens is 308 g/mol. The molecule has 140 valence electrons. The van der Waals surface area contributed by atoms with Gasteiger partial charge in [0.05, 0.1) is 0 Å². The zero-order chi connectivity index (χ0) is 19.4. The van der Waals surface area contributed by atoms with Crippen LogP contribution < -0.4 is 0 Å². The summed E-state index contributed by atoms with van der Waals surface area (Å²) in [4.78, 5) is 23.6. The van der Waals surface area contributed by atoms with Gasteiger partial charge in [-0.2, -0.15) is 0 Å². The number of rotatable bonds is 6. The van der Waals surface area contributed by atoms with E-state index in [1.807, 2.05) is 41.5 Å². The van der Waals surface area contributed by atoms with E-state index in [0.717, 1.165) is 0 Å². The normalized spacial score (nSPS) is 17.9. The number of carbonyl (C=O) groups is 2. The summed E-state index contributed by atoms with van der Waals surface area (Å²) in [5.74, 6) is -0.705. The summed E-state index contributed by atoms with van der Waals surface area (Å²) in [6, 6.07) is 0. The zero-order valence-corrected chi connectivity index (χ0v) is 16.9. The average Bonchev–Trinajstić information content (AvgIpc) is 2.42. The quantitative estimate of drug-likeness (QED) is 0.509. The van der Waals surface area contributed by atoms with Crippen molar-refractivity contribution in [1.82, 2.24) is 0 Å². The lowest BCUT2D eigenvalue weighted by molar-refractivity contribution is -0.178. The number of hydrogen-bond acceptors (Lipinski definition) is 6. The second-order valence-electron chi connectivity index (χ2n) is 8.32. The van der Waals surface area contributed by atoms with Gasteiger partial charge in [-0.15, -0.1) is 10.2 Å². The third kappa shape index (κ3) is 5.56. The van der Waals surface area contributed by atoms with E-state index in [4.69, 9.17) is 9.47 Å². The van der Waals surface area contributed by atoms with Crippen LogP contribution >= 0.6 is 0 Å². The number of esters is 2. The Kier molecular flexibility index (Phi) is 7.15. The summed E-state index contributed by atoms with van der Waals surface area (Å²) in [6.45, 7) is 18.4. The molecule has 0 saturated heterocycles. The van der Waals surface area contributed by atoms with E-state index in [9.17, 15) is 9.59 Å². The van der Waals surface area contributed by atoms with E-state index in [1.165, 1.54) is 0 Å². The molecule has 0 bridgehead atoms. The van der Waals surface area contributed by atoms with Crippen molar-refractivity contribution in [1.29, 1.82) is 0 Å². The minimum absolute atomic E-state index is 0.253. The molecule has 0 aliphatic carbocycles. The van der Waals surface area contributed by atoms with Crippen LogP contribution in [0.3, 0.4) is 0 Å². The van der Waals surface area contributed by atoms with Crippen LogP contribution in [0.15, 0.2) is 10.2 Å². The molecule has 0 heterocycles. The van der Waals surface area contributed by atoms with Crippen LogP contribution in [-0.2, 0) is 19.1 Å². The molecule has 6 nitrogen and oxygen atoms in total. The van der Waals surface area contributed by atoms with Crippen molar-refractivity contribution in [3.05, 3.63) is 0 Å². The second kappa shape index (κ2) is 7.62. The highest BCUT2D eigenvalue weighted by molar-refractivity contribution is 5.69. The first-order chi connectivity index (χ1) is 10.6. The van der Waals surface area contributed by atoms with Crippen LogP contribution in [0.2, 0.25) is 0 Å². The Labute approximate surface area is 146 Å². The lowest BCUT2D eigenvalue weighted by atomic mass is 9.83. The van der Waals surface area contributed by atoms with E-state index in [-0.39, 0.29) is 24.8 Å². The Morgan fingerprint density at radius 2 is 0.917 bits per heavy atom. The van der Waals surface area contributed by atoms with Gasteiger partial charge in [0.15, 0.2) is 0 Å². The van der Waals surface area contributed by atoms with Crippen LogP contribution in [0.25, 0.3) is 0 Å². The molecule has 0 aromatic carbocycles. The lowest BCUT2D eigenvalue weighted by Gasteiger charge is -2.40. The van der Waals surface area contributed by atoms with Crippen molar-refractivity contribution in [2.24, 2.45) is 21.1 Å². The van der Waals surface area contributed by atoms with Gasteiger partial charge < -0.3 is 9.47 Å². The molecule has 0 rings (SSSR count). The summed E-state index contributed by atoms with van der Waals surface area (Å²) in [7, 11) is 0. The maximum Gasteiger partial charge on any atom is 0.307 e. The average molecular weight is 342 g/mol. The fourth-order valence-corrected chi connectivity index (χ4v) is 1.43. The van der Waals surface area contributed by atoms with Crippen molar-refractivity contribution in [2.75, 3.05) is 0 Å². The highest BCUT2D eigenvalue weighted by Crippen LogP contribution is 2.40. The molecule has 0 aromatic heterocycles. The number of hydrogen-bond donors (Lipinski definition) is 0. The molecule has 0 aromatic rings. The maximum absolute atomic E-state index is 11.8. The number of ether oxygens (including phenoxy) is 2. The van der Waals surface area contributed by atoms with Crippen molar-refractivity contribution < 1.29 is 19.1 Å². The first kappa shape index (κ1) is 22.5. The molecule has 0 radical (unpaired) electrons. The highest BCUT2D eigenvalue weighted by atomic mass is 16.6. The lowest BCUT2D eigenvalue weighted by Crippen LogP contribution is -2.45. The van der Waals surface area contributed by atoms with Gasteiger partial charge >= 0.3 is 11.9 Å². The summed E-state index contributed by atoms with van der Waals surface area (Å²) >= 11 is 0. The predicted molar refractivity (Wildman–Crippen MR) is 93.3 cm³/mol. The molecule has 0 amide bonds. The molecule has 24 heavy (non-hydrogen) atoms. The summed E-state index contributed by atoms with van der Waals surface area (Å²) in [5.41, 5.74) is -3.28. The predicted octanol–water partition coefficient (Wildman–Crippen LogP) is 4.87. The fraction of sp³-hybridized carbons (Fsp3) is 0.889. The van der Waals surface area contributed by atoms with Gasteiger partial charge in [-0.1, -0.05) is 55.4 Å². The monoisotopic (exact) mass is 342 g/mol. The summed E-state index contributed by atoms with van der Waals surface area (Å²) in [6.07, 6.45) is 0.505. The van der Waals surface area contributed by atoms with Crippen molar-refractivity contribution in [3.63, 3.8) is 0 Å². The molecule has 0 fully saturated rings. The Morgan fingerprint density at radius 1 is 0.667 bits per heavy atom. The SMILES string of the molecule is CCC(=O)OC(C)(N=NC(C)(OC(=O)CC)C(C)(C)C)C(C)(C)C. The Morgan fingerprint density at radius 3 is 1.08 bits per heavy atom. The minimum Gasteiger partial charge on any atom is -0.435 e. The van der Waals surface area contributed by atoms with Gasteiger partial charge in [0.2, 0.25) is 11.4 Å². The van der Waals surface area contributed by atoms with Crippen LogP contribution in [-0.4, -0.2) is 23.4 Å². The van der Waals surface area contributed by atoms with E-state index >= 15 is 0 Å². The molecule has 0 aliphatic heterocycles.